The van der Waals surface area contributed by atoms with Crippen LogP contribution in [0.15, 0.2) is 18.3 Å². The molecule has 0 aliphatic heterocycles. The Morgan fingerprint density at radius 1 is 1.60 bits per heavy atom. The molecular weight excluding hydrogens is 298 g/mol. The van der Waals surface area contributed by atoms with Gasteiger partial charge < -0.3 is 5.32 Å². The van der Waals surface area contributed by atoms with Crippen molar-refractivity contribution in [2.75, 3.05) is 0 Å². The van der Waals surface area contributed by atoms with Gasteiger partial charge in [0.2, 0.25) is 0 Å². The molecule has 1 amide bonds. The van der Waals surface area contributed by atoms with Crippen LogP contribution in [0.5, 0.6) is 0 Å². The summed E-state index contributed by atoms with van der Waals surface area (Å²) in [5.41, 5.74) is 0.282. The highest BCUT2D eigenvalue weighted by atomic mass is 35.5. The van der Waals surface area contributed by atoms with E-state index in [2.05, 4.69) is 20.5 Å². The molecule has 1 fully saturated rings. The molecule has 2 aromatic rings. The summed E-state index contributed by atoms with van der Waals surface area (Å²) in [6.45, 7) is 0.302. The molecule has 6 nitrogen and oxygen atoms in total. The molecular formula is C12H12ClN5OS. The molecule has 2 heterocycles. The molecule has 2 aromatic heterocycles. The van der Waals surface area contributed by atoms with E-state index in [4.69, 9.17) is 23.8 Å². The number of aromatic amines is 1. The molecule has 0 unspecified atom stereocenters. The smallest absolute Gasteiger partial charge is 0.270 e. The lowest BCUT2D eigenvalue weighted by atomic mass is 10.3. The Bertz CT molecular complexity index is 706. The predicted octanol–water partition coefficient (Wildman–Crippen LogP) is 2.25. The minimum Gasteiger partial charge on any atom is -0.343 e. The number of aromatic nitrogens is 4. The second kappa shape index (κ2) is 5.34. The summed E-state index contributed by atoms with van der Waals surface area (Å²) in [4.78, 5) is 15.9. The zero-order valence-corrected chi connectivity index (χ0v) is 12.0. The van der Waals surface area contributed by atoms with Crippen LogP contribution in [0.3, 0.4) is 0 Å². The van der Waals surface area contributed by atoms with E-state index in [0.29, 0.717) is 22.4 Å². The highest BCUT2D eigenvalue weighted by molar-refractivity contribution is 7.71. The van der Waals surface area contributed by atoms with Gasteiger partial charge in [-0.1, -0.05) is 11.6 Å². The van der Waals surface area contributed by atoms with E-state index >= 15 is 0 Å². The first kappa shape index (κ1) is 13.3. The number of hydrogen-bond acceptors (Lipinski definition) is 4. The fraction of sp³-hybridized carbons (Fsp3) is 0.333. The lowest BCUT2D eigenvalue weighted by Gasteiger charge is -2.06. The Morgan fingerprint density at radius 2 is 2.40 bits per heavy atom. The van der Waals surface area contributed by atoms with Crippen molar-refractivity contribution >= 4 is 29.7 Å². The molecule has 2 N–H and O–H groups in total. The van der Waals surface area contributed by atoms with Crippen LogP contribution in [-0.4, -0.2) is 25.7 Å². The van der Waals surface area contributed by atoms with E-state index in [1.54, 1.807) is 6.07 Å². The average Bonchev–Trinajstić information content (AvgIpc) is 3.20. The second-order valence-corrected chi connectivity index (χ2v) is 5.41. The van der Waals surface area contributed by atoms with Crippen LogP contribution in [-0.2, 0) is 6.54 Å². The van der Waals surface area contributed by atoms with Crippen molar-refractivity contribution in [2.45, 2.75) is 25.4 Å². The molecule has 20 heavy (non-hydrogen) atoms. The van der Waals surface area contributed by atoms with Gasteiger partial charge in [0.15, 0.2) is 10.6 Å². The SMILES string of the molecule is O=C(NCc1n[nH]c(=S)n1C1CC1)c1cc(Cl)ccn1. The Labute approximate surface area is 125 Å². The number of rotatable bonds is 4. The summed E-state index contributed by atoms with van der Waals surface area (Å²) in [6, 6.07) is 3.56. The van der Waals surface area contributed by atoms with Crippen LogP contribution in [0.1, 0.15) is 35.2 Å². The van der Waals surface area contributed by atoms with Gasteiger partial charge in [-0.25, -0.2) is 0 Å². The van der Waals surface area contributed by atoms with Crippen molar-refractivity contribution in [1.29, 1.82) is 0 Å². The molecule has 8 heteroatoms. The fourth-order valence-corrected chi connectivity index (χ4v) is 2.41. The van der Waals surface area contributed by atoms with E-state index < -0.39 is 0 Å². The fourth-order valence-electron chi connectivity index (χ4n) is 1.95. The van der Waals surface area contributed by atoms with Crippen LogP contribution < -0.4 is 5.32 Å². The summed E-state index contributed by atoms with van der Waals surface area (Å²) in [5, 5.41) is 10.2. The lowest BCUT2D eigenvalue weighted by Crippen LogP contribution is -2.25. The predicted molar refractivity (Wildman–Crippen MR) is 76.1 cm³/mol. The first-order chi connectivity index (χ1) is 9.65. The van der Waals surface area contributed by atoms with Gasteiger partial charge in [-0.15, -0.1) is 0 Å². The number of pyridine rings is 1. The van der Waals surface area contributed by atoms with Crippen molar-refractivity contribution in [2.24, 2.45) is 0 Å². The molecule has 1 aliphatic carbocycles. The summed E-state index contributed by atoms with van der Waals surface area (Å²) in [5.74, 6) is 0.441. The number of H-pyrrole nitrogens is 1. The van der Waals surface area contributed by atoms with Crippen molar-refractivity contribution in [3.05, 3.63) is 39.6 Å². The third-order valence-corrected chi connectivity index (χ3v) is 3.57. The average molecular weight is 310 g/mol. The normalized spacial score (nSPS) is 14.2. The minimum atomic E-state index is -0.288. The molecule has 0 saturated heterocycles. The van der Waals surface area contributed by atoms with Crippen LogP contribution in [0.4, 0.5) is 0 Å². The maximum Gasteiger partial charge on any atom is 0.270 e. The molecule has 1 saturated carbocycles. The van der Waals surface area contributed by atoms with Crippen molar-refractivity contribution < 1.29 is 4.79 Å². The monoisotopic (exact) mass is 309 g/mol. The molecule has 3 rings (SSSR count). The standard InChI is InChI=1S/C12H12ClN5OS/c13-7-3-4-14-9(5-7)11(19)15-6-10-16-17-12(20)18(10)8-1-2-8/h3-5,8H,1-2,6H2,(H,15,19)(H,17,20). The van der Waals surface area contributed by atoms with Crippen LogP contribution in [0.2, 0.25) is 5.02 Å². The minimum absolute atomic E-state index is 0.282. The van der Waals surface area contributed by atoms with E-state index in [9.17, 15) is 4.79 Å². The number of carbonyl (C=O) groups is 1. The van der Waals surface area contributed by atoms with Gasteiger partial charge >= 0.3 is 0 Å². The van der Waals surface area contributed by atoms with Crippen LogP contribution in [0, 0.1) is 4.77 Å². The van der Waals surface area contributed by atoms with E-state index in [0.717, 1.165) is 18.7 Å². The van der Waals surface area contributed by atoms with Gasteiger partial charge in [0, 0.05) is 17.3 Å². The summed E-state index contributed by atoms with van der Waals surface area (Å²) < 4.78 is 2.55. The number of amides is 1. The highest BCUT2D eigenvalue weighted by Gasteiger charge is 2.27. The third-order valence-electron chi connectivity index (χ3n) is 3.05. The van der Waals surface area contributed by atoms with Gasteiger partial charge in [0.1, 0.15) is 5.69 Å². The topological polar surface area (TPSA) is 75.6 Å². The van der Waals surface area contributed by atoms with E-state index in [1.807, 2.05) is 4.57 Å². The van der Waals surface area contributed by atoms with Gasteiger partial charge in [0.25, 0.3) is 5.91 Å². The number of carbonyl (C=O) groups excluding carboxylic acids is 1. The first-order valence-electron chi connectivity index (χ1n) is 6.20. The van der Waals surface area contributed by atoms with Crippen molar-refractivity contribution in [3.8, 4) is 0 Å². The van der Waals surface area contributed by atoms with Gasteiger partial charge in [-0.3, -0.25) is 19.4 Å². The molecule has 0 spiro atoms. The van der Waals surface area contributed by atoms with Crippen molar-refractivity contribution in [3.63, 3.8) is 0 Å². The Hall–Kier alpha value is -1.73. The quantitative estimate of drug-likeness (QED) is 0.849. The van der Waals surface area contributed by atoms with Crippen molar-refractivity contribution in [1.82, 2.24) is 25.1 Å². The summed E-state index contributed by atoms with van der Waals surface area (Å²) >= 11 is 11.0. The number of halogens is 1. The first-order valence-corrected chi connectivity index (χ1v) is 6.99. The lowest BCUT2D eigenvalue weighted by molar-refractivity contribution is 0.0944. The Balaban J connectivity index is 1.71. The molecule has 1 aliphatic rings. The zero-order valence-electron chi connectivity index (χ0n) is 10.5. The molecule has 0 aromatic carbocycles. The maximum atomic E-state index is 12.0. The molecule has 104 valence electrons. The summed E-state index contributed by atoms with van der Waals surface area (Å²) in [6.07, 6.45) is 3.70. The second-order valence-electron chi connectivity index (χ2n) is 4.59. The van der Waals surface area contributed by atoms with Gasteiger partial charge in [-0.2, -0.15) is 5.10 Å². The Kier molecular flexibility index (Phi) is 3.54. The number of nitrogens with one attached hydrogen (secondary N) is 2. The van der Waals surface area contributed by atoms with Gasteiger partial charge in [-0.05, 0) is 37.2 Å². The molecule has 0 atom stereocenters. The van der Waals surface area contributed by atoms with E-state index in [1.165, 1.54) is 12.3 Å². The van der Waals surface area contributed by atoms with Crippen LogP contribution >= 0.6 is 23.8 Å². The Morgan fingerprint density at radius 3 is 3.10 bits per heavy atom. The number of nitrogens with zero attached hydrogens (tertiary/aromatic N) is 3. The third kappa shape index (κ3) is 2.73. The van der Waals surface area contributed by atoms with Gasteiger partial charge in [0.05, 0.1) is 6.54 Å². The van der Waals surface area contributed by atoms with E-state index in [-0.39, 0.29) is 11.6 Å². The highest BCUT2D eigenvalue weighted by Crippen LogP contribution is 2.35. The van der Waals surface area contributed by atoms with Crippen LogP contribution in [0.25, 0.3) is 0 Å². The maximum absolute atomic E-state index is 12.0. The molecule has 0 radical (unpaired) electrons. The summed E-state index contributed by atoms with van der Waals surface area (Å²) in [7, 11) is 0. The number of hydrogen-bond donors (Lipinski definition) is 2. The largest absolute Gasteiger partial charge is 0.343 e. The zero-order chi connectivity index (χ0) is 14.1. The molecule has 0 bridgehead atoms.